The van der Waals surface area contributed by atoms with Crippen molar-refractivity contribution < 1.29 is 9.59 Å². The Kier molecular flexibility index (Phi) is 4.42. The van der Waals surface area contributed by atoms with Gasteiger partial charge in [0.05, 0.1) is 12.2 Å². The fourth-order valence-corrected chi connectivity index (χ4v) is 2.57. The molecule has 1 aromatic heterocycles. The summed E-state index contributed by atoms with van der Waals surface area (Å²) in [4.78, 5) is 26.3. The van der Waals surface area contributed by atoms with Gasteiger partial charge in [-0.2, -0.15) is 5.10 Å². The Bertz CT molecular complexity index is 497. The lowest BCUT2D eigenvalue weighted by Crippen LogP contribution is -2.62. The van der Waals surface area contributed by atoms with Crippen LogP contribution >= 0.6 is 0 Å². The van der Waals surface area contributed by atoms with Crippen LogP contribution in [0.25, 0.3) is 0 Å². The number of hydrogen-bond acceptors (Lipinski definition) is 3. The Balaban J connectivity index is 2.22. The Morgan fingerprint density at radius 1 is 1.35 bits per heavy atom. The smallest absolute Gasteiger partial charge is 0.246 e. The maximum Gasteiger partial charge on any atom is 0.246 e. The van der Waals surface area contributed by atoms with Crippen LogP contribution < -0.4 is 5.32 Å². The van der Waals surface area contributed by atoms with E-state index in [4.69, 9.17) is 0 Å². The largest absolute Gasteiger partial charge is 0.343 e. The van der Waals surface area contributed by atoms with E-state index in [0.29, 0.717) is 19.4 Å². The fraction of sp³-hybridized carbons (Fsp3) is 0.643. The molecule has 2 amide bonds. The zero-order valence-corrected chi connectivity index (χ0v) is 12.3. The molecule has 1 N–H and O–H groups in total. The van der Waals surface area contributed by atoms with Crippen LogP contribution in [0.3, 0.4) is 0 Å². The summed E-state index contributed by atoms with van der Waals surface area (Å²) in [5.41, 5.74) is 0.812. The summed E-state index contributed by atoms with van der Waals surface area (Å²) in [6.07, 6.45) is 4.00. The topological polar surface area (TPSA) is 67.2 Å². The molecular formula is C14H22N4O2. The third-order valence-electron chi connectivity index (χ3n) is 3.65. The van der Waals surface area contributed by atoms with E-state index in [2.05, 4.69) is 10.4 Å². The molecule has 0 bridgehead atoms. The molecule has 0 radical (unpaired) electrons. The monoisotopic (exact) mass is 278 g/mol. The van der Waals surface area contributed by atoms with E-state index in [9.17, 15) is 9.59 Å². The summed E-state index contributed by atoms with van der Waals surface area (Å²) in [6, 6.07) is 1.10. The maximum atomic E-state index is 12.5. The highest BCUT2D eigenvalue weighted by atomic mass is 16.2. The van der Waals surface area contributed by atoms with E-state index in [1.807, 2.05) is 33.2 Å². The number of rotatable bonds is 5. The molecule has 0 spiro atoms. The molecule has 0 aliphatic carbocycles. The van der Waals surface area contributed by atoms with Gasteiger partial charge in [0.1, 0.15) is 12.1 Å². The SMILES string of the molecule is CCCC1C(=O)NC(CC)C(=O)N1Cc1ccn(C)n1. The highest BCUT2D eigenvalue weighted by Gasteiger charge is 2.39. The number of nitrogens with zero attached hydrogens (tertiary/aromatic N) is 3. The maximum absolute atomic E-state index is 12.5. The van der Waals surface area contributed by atoms with Gasteiger partial charge in [-0.15, -0.1) is 0 Å². The van der Waals surface area contributed by atoms with Gasteiger partial charge in [-0.25, -0.2) is 0 Å². The van der Waals surface area contributed by atoms with E-state index in [1.165, 1.54) is 0 Å². The first-order valence-electron chi connectivity index (χ1n) is 7.16. The van der Waals surface area contributed by atoms with Gasteiger partial charge in [0.2, 0.25) is 11.8 Å². The van der Waals surface area contributed by atoms with Crippen LogP contribution in [0.1, 0.15) is 38.8 Å². The molecule has 2 heterocycles. The van der Waals surface area contributed by atoms with Crippen molar-refractivity contribution in [3.8, 4) is 0 Å². The first-order chi connectivity index (χ1) is 9.56. The normalized spacial score (nSPS) is 23.1. The fourth-order valence-electron chi connectivity index (χ4n) is 2.57. The molecule has 6 heteroatoms. The van der Waals surface area contributed by atoms with Crippen molar-refractivity contribution in [3.63, 3.8) is 0 Å². The van der Waals surface area contributed by atoms with E-state index >= 15 is 0 Å². The average molecular weight is 278 g/mol. The van der Waals surface area contributed by atoms with Crippen molar-refractivity contribution in [3.05, 3.63) is 18.0 Å². The number of aromatic nitrogens is 2. The minimum Gasteiger partial charge on any atom is -0.343 e. The molecule has 0 saturated carbocycles. The van der Waals surface area contributed by atoms with E-state index < -0.39 is 6.04 Å². The van der Waals surface area contributed by atoms with Crippen LogP contribution in [-0.4, -0.2) is 38.6 Å². The first-order valence-corrected chi connectivity index (χ1v) is 7.16. The van der Waals surface area contributed by atoms with Crippen LogP contribution in [0.5, 0.6) is 0 Å². The second-order valence-electron chi connectivity index (χ2n) is 5.22. The molecule has 1 aliphatic heterocycles. The Labute approximate surface area is 119 Å². The van der Waals surface area contributed by atoms with Crippen molar-refractivity contribution in [1.82, 2.24) is 20.0 Å². The number of piperazine rings is 1. The van der Waals surface area contributed by atoms with Crippen molar-refractivity contribution >= 4 is 11.8 Å². The van der Waals surface area contributed by atoms with Crippen LogP contribution in [-0.2, 0) is 23.2 Å². The summed E-state index contributed by atoms with van der Waals surface area (Å²) in [5, 5.41) is 7.12. The minimum atomic E-state index is -0.403. The Morgan fingerprint density at radius 3 is 2.65 bits per heavy atom. The molecule has 1 aromatic rings. The second-order valence-corrected chi connectivity index (χ2v) is 5.22. The Hall–Kier alpha value is -1.85. The lowest BCUT2D eigenvalue weighted by molar-refractivity contribution is -0.150. The predicted molar refractivity (Wildman–Crippen MR) is 74.7 cm³/mol. The molecule has 1 aliphatic rings. The molecule has 6 nitrogen and oxygen atoms in total. The number of carbonyl (C=O) groups is 2. The molecule has 1 fully saturated rings. The molecule has 20 heavy (non-hydrogen) atoms. The molecule has 0 aromatic carbocycles. The lowest BCUT2D eigenvalue weighted by Gasteiger charge is -2.38. The molecule has 110 valence electrons. The summed E-state index contributed by atoms with van der Waals surface area (Å²) < 4.78 is 1.70. The van der Waals surface area contributed by atoms with E-state index in [1.54, 1.807) is 9.58 Å². The van der Waals surface area contributed by atoms with Gasteiger partial charge in [-0.1, -0.05) is 20.3 Å². The van der Waals surface area contributed by atoms with Crippen molar-refractivity contribution in [2.75, 3.05) is 0 Å². The number of carbonyl (C=O) groups excluding carboxylic acids is 2. The van der Waals surface area contributed by atoms with Gasteiger partial charge < -0.3 is 10.2 Å². The van der Waals surface area contributed by atoms with Crippen LogP contribution in [0.2, 0.25) is 0 Å². The summed E-state index contributed by atoms with van der Waals surface area (Å²) >= 11 is 0. The predicted octanol–water partition coefficient (Wildman–Crippen LogP) is 0.826. The molecule has 1 saturated heterocycles. The lowest BCUT2D eigenvalue weighted by atomic mass is 10.0. The van der Waals surface area contributed by atoms with Crippen LogP contribution in [0.15, 0.2) is 12.3 Å². The number of nitrogens with one attached hydrogen (secondary N) is 1. The van der Waals surface area contributed by atoms with Gasteiger partial charge in [0, 0.05) is 13.2 Å². The van der Waals surface area contributed by atoms with Gasteiger partial charge in [0.25, 0.3) is 0 Å². The average Bonchev–Trinajstić information content (AvgIpc) is 2.83. The van der Waals surface area contributed by atoms with Gasteiger partial charge in [0.15, 0.2) is 0 Å². The minimum absolute atomic E-state index is 0.00352. The van der Waals surface area contributed by atoms with Crippen LogP contribution in [0.4, 0.5) is 0 Å². The van der Waals surface area contributed by atoms with E-state index in [-0.39, 0.29) is 17.9 Å². The number of hydrogen-bond donors (Lipinski definition) is 1. The zero-order valence-electron chi connectivity index (χ0n) is 12.3. The zero-order chi connectivity index (χ0) is 14.7. The third-order valence-corrected chi connectivity index (χ3v) is 3.65. The van der Waals surface area contributed by atoms with E-state index in [0.717, 1.165) is 12.1 Å². The Morgan fingerprint density at radius 2 is 2.10 bits per heavy atom. The first kappa shape index (κ1) is 14.6. The summed E-state index contributed by atoms with van der Waals surface area (Å²) in [7, 11) is 1.84. The highest BCUT2D eigenvalue weighted by Crippen LogP contribution is 2.18. The third kappa shape index (κ3) is 2.84. The second kappa shape index (κ2) is 6.07. The highest BCUT2D eigenvalue weighted by molar-refractivity contribution is 5.96. The quantitative estimate of drug-likeness (QED) is 0.867. The summed E-state index contributed by atoms with van der Waals surface area (Å²) in [6.45, 7) is 4.32. The summed E-state index contributed by atoms with van der Waals surface area (Å²) in [5.74, 6) is -0.0505. The standard InChI is InChI=1S/C14H22N4O2/c1-4-6-12-13(19)15-11(5-2)14(20)18(12)9-10-7-8-17(3)16-10/h7-8,11-12H,4-6,9H2,1-3H3,(H,15,19). The van der Waals surface area contributed by atoms with Crippen LogP contribution in [0, 0.1) is 0 Å². The van der Waals surface area contributed by atoms with Gasteiger partial charge >= 0.3 is 0 Å². The number of aryl methyl sites for hydroxylation is 1. The molecule has 2 rings (SSSR count). The number of amides is 2. The van der Waals surface area contributed by atoms with Gasteiger partial charge in [-0.05, 0) is 18.9 Å². The van der Waals surface area contributed by atoms with Gasteiger partial charge in [-0.3, -0.25) is 14.3 Å². The van der Waals surface area contributed by atoms with Crippen molar-refractivity contribution in [2.45, 2.75) is 51.7 Å². The van der Waals surface area contributed by atoms with Crippen molar-refractivity contribution in [2.24, 2.45) is 7.05 Å². The van der Waals surface area contributed by atoms with Crippen molar-refractivity contribution in [1.29, 1.82) is 0 Å². The molecule has 2 unspecified atom stereocenters. The molecular weight excluding hydrogens is 256 g/mol. The molecule has 2 atom stereocenters.